The molecule has 5 aromatic rings. The molecule has 6 aliphatic heterocycles. The summed E-state index contributed by atoms with van der Waals surface area (Å²) in [6.07, 6.45) is 1.60. The minimum atomic E-state index is -3.04. The van der Waals surface area contributed by atoms with E-state index < -0.39 is 25.6 Å². The van der Waals surface area contributed by atoms with E-state index in [4.69, 9.17) is 19.7 Å². The van der Waals surface area contributed by atoms with E-state index in [9.17, 15) is 9.13 Å². The highest BCUT2D eigenvalue weighted by molar-refractivity contribution is 7.78. The highest BCUT2D eigenvalue weighted by Gasteiger charge is 2.75. The van der Waals surface area contributed by atoms with Crippen LogP contribution in [-0.2, 0) is 20.5 Å². The molecule has 4 atom stereocenters. The number of nitrogens with zero attached hydrogens (tertiary/aromatic N) is 4. The third-order valence-electron chi connectivity index (χ3n) is 11.4. The summed E-state index contributed by atoms with van der Waals surface area (Å²) in [7, 11) is -6.07. The number of rotatable bonds is 0. The zero-order valence-corrected chi connectivity index (χ0v) is 25.9. The van der Waals surface area contributed by atoms with Crippen molar-refractivity contribution in [2.45, 2.75) is 17.2 Å². The zero-order valence-electron chi connectivity index (χ0n) is 24.2. The maximum absolute atomic E-state index is 15.0. The van der Waals surface area contributed by atoms with E-state index in [1.807, 2.05) is 49.7 Å². The van der Waals surface area contributed by atoms with Gasteiger partial charge in [0, 0.05) is 40.8 Å². The average Bonchev–Trinajstić information content (AvgIpc) is 3.40. The van der Waals surface area contributed by atoms with Crippen molar-refractivity contribution in [3.05, 3.63) is 106 Å². The van der Waals surface area contributed by atoms with Gasteiger partial charge in [0.15, 0.2) is 5.92 Å². The van der Waals surface area contributed by atoms with E-state index in [0.717, 1.165) is 71.6 Å². The van der Waals surface area contributed by atoms with Crippen molar-refractivity contribution in [2.24, 2.45) is 0 Å². The van der Waals surface area contributed by atoms with E-state index in [0.29, 0.717) is 11.5 Å². The van der Waals surface area contributed by atoms with Crippen molar-refractivity contribution in [1.82, 2.24) is 20.8 Å². The van der Waals surface area contributed by atoms with Crippen LogP contribution in [0.4, 0.5) is 0 Å². The van der Waals surface area contributed by atoms with Crippen LogP contribution in [0.2, 0.25) is 0 Å². The molecule has 1 aliphatic carbocycles. The second kappa shape index (κ2) is 6.96. The van der Waals surface area contributed by atoms with Crippen LogP contribution in [0.1, 0.15) is 45.1 Å². The van der Waals surface area contributed by atoms with Gasteiger partial charge in [-0.3, -0.25) is 0 Å². The molecule has 0 saturated carbocycles. The Hall–Kier alpha value is -4.20. The van der Waals surface area contributed by atoms with Gasteiger partial charge >= 0.3 is 17.2 Å². The summed E-state index contributed by atoms with van der Waals surface area (Å²) < 4.78 is 46.5. The minimum absolute atomic E-state index is 0.250. The van der Waals surface area contributed by atoms with Crippen LogP contribution in [0.5, 0.6) is 11.5 Å². The van der Waals surface area contributed by atoms with Gasteiger partial charge in [-0.15, -0.1) is 0 Å². The molecule has 4 aromatic carbocycles. The molecular weight excluding hydrogens is 606 g/mol. The number of nitrogens with one attached hydrogen (secondary N) is 2. The normalized spacial score (nSPS) is 31.6. The maximum atomic E-state index is 15.0. The minimum Gasteiger partial charge on any atom is -0.477 e. The second-order valence-corrected chi connectivity index (χ2v) is 18.7. The number of fused-ring (bicyclic) bond motifs is 1. The summed E-state index contributed by atoms with van der Waals surface area (Å²) in [5.41, 5.74) is 6.12. The lowest BCUT2D eigenvalue weighted by Crippen LogP contribution is -2.85. The molecule has 12 heteroatoms. The first-order chi connectivity index (χ1) is 21.8. The average molecular weight is 631 g/mol. The van der Waals surface area contributed by atoms with Gasteiger partial charge < -0.3 is 18.6 Å². The quantitative estimate of drug-likeness (QED) is 0.187. The molecule has 0 saturated heterocycles. The summed E-state index contributed by atoms with van der Waals surface area (Å²) >= 11 is 0. The Bertz CT molecular complexity index is 2320. The smallest absolute Gasteiger partial charge is 0.477 e. The van der Waals surface area contributed by atoms with E-state index in [1.165, 1.54) is 0 Å². The molecule has 45 heavy (non-hydrogen) atoms. The Balaban J connectivity index is 1.35. The molecule has 0 radical (unpaired) electrons. The molecule has 10 nitrogen and oxygen atoms in total. The standard InChI is InChI=1S/C33H24N6O4P2/c1-44(40)20-7-3-5-18-27(20)32(34-14-42-18)29-22(44)11-9-16-17-10-12-23-30-25(17)26(24(16)29)31-38(32)36-13-37-39(31)33(30)28-19(43-15-35-33)6-4-8-21(28)45(23,2)41/h3-13,26,34-35H,14-15H2,1-2H3/q+2. The summed E-state index contributed by atoms with van der Waals surface area (Å²) in [5, 5.41) is 20.8. The molecule has 12 rings (SSSR count). The molecule has 4 unspecified atom stereocenters. The van der Waals surface area contributed by atoms with E-state index in [-0.39, 0.29) is 19.4 Å². The Kier molecular flexibility index (Phi) is 3.72. The van der Waals surface area contributed by atoms with Crippen molar-refractivity contribution >= 4 is 35.5 Å². The molecule has 2 N–H and O–H groups in total. The largest absolute Gasteiger partial charge is 0.485 e. The molecule has 0 amide bonds. The molecule has 7 heterocycles. The Morgan fingerprint density at radius 3 is 1.64 bits per heavy atom. The molecule has 7 aliphatic rings. The molecule has 218 valence electrons. The van der Waals surface area contributed by atoms with Crippen LogP contribution in [0, 0.1) is 0 Å². The topological polar surface area (TPSA) is 110 Å². The van der Waals surface area contributed by atoms with E-state index >= 15 is 0 Å². The molecule has 2 spiro atoms. The lowest BCUT2D eigenvalue weighted by molar-refractivity contribution is -0.937. The fourth-order valence-electron chi connectivity index (χ4n) is 9.85. The van der Waals surface area contributed by atoms with Crippen LogP contribution in [0.25, 0.3) is 11.1 Å². The number of hydrogen-bond acceptors (Lipinski definition) is 8. The lowest BCUT2D eigenvalue weighted by Gasteiger charge is -2.46. The summed E-state index contributed by atoms with van der Waals surface area (Å²) in [6.45, 7) is 4.25. The van der Waals surface area contributed by atoms with Crippen molar-refractivity contribution in [3.63, 3.8) is 0 Å². The molecular formula is C33H24N6O4P2+2. The number of benzene rings is 4. The molecule has 0 bridgehead atoms. The second-order valence-electron chi connectivity index (χ2n) is 13.1. The van der Waals surface area contributed by atoms with Crippen molar-refractivity contribution < 1.29 is 28.0 Å². The predicted molar refractivity (Wildman–Crippen MR) is 163 cm³/mol. The molecule has 1 aromatic heterocycles. The van der Waals surface area contributed by atoms with Gasteiger partial charge in [0.25, 0.3) is 0 Å². The van der Waals surface area contributed by atoms with Gasteiger partial charge in [-0.1, -0.05) is 36.4 Å². The van der Waals surface area contributed by atoms with Gasteiger partial charge in [0.05, 0.1) is 11.1 Å². The third-order valence-corrected chi connectivity index (χ3v) is 16.6. The summed E-state index contributed by atoms with van der Waals surface area (Å²) in [6, 6.07) is 20.1. The predicted octanol–water partition coefficient (Wildman–Crippen LogP) is 0.731. The molecule has 0 fully saturated rings. The first-order valence-electron chi connectivity index (χ1n) is 15.1. The van der Waals surface area contributed by atoms with Crippen LogP contribution in [0.15, 0.2) is 67.0 Å². The maximum Gasteiger partial charge on any atom is 0.485 e. The van der Waals surface area contributed by atoms with Crippen LogP contribution in [-0.4, -0.2) is 37.0 Å². The fourth-order valence-corrected chi connectivity index (χ4v) is 14.6. The van der Waals surface area contributed by atoms with Gasteiger partial charge in [-0.2, -0.15) is 0 Å². The van der Waals surface area contributed by atoms with Crippen molar-refractivity contribution in [2.75, 3.05) is 26.8 Å². The van der Waals surface area contributed by atoms with Crippen LogP contribution >= 0.6 is 14.3 Å². The Labute approximate surface area is 256 Å². The van der Waals surface area contributed by atoms with Crippen LogP contribution < -0.4 is 50.7 Å². The summed E-state index contributed by atoms with van der Waals surface area (Å²) in [4.78, 5) is 0. The zero-order chi connectivity index (χ0) is 29.8. The van der Waals surface area contributed by atoms with Crippen molar-refractivity contribution in [1.29, 1.82) is 0 Å². The Morgan fingerprint density at radius 1 is 0.689 bits per heavy atom. The number of aromatic nitrogens is 4. The van der Waals surface area contributed by atoms with Crippen LogP contribution in [0.3, 0.4) is 0 Å². The van der Waals surface area contributed by atoms with E-state index in [2.05, 4.69) is 44.3 Å². The van der Waals surface area contributed by atoms with Gasteiger partial charge in [-0.05, 0) is 59.8 Å². The fraction of sp³-hybridized carbons (Fsp3) is 0.212. The van der Waals surface area contributed by atoms with E-state index in [1.54, 1.807) is 6.33 Å². The third kappa shape index (κ3) is 2.17. The monoisotopic (exact) mass is 630 g/mol. The van der Waals surface area contributed by atoms with Gasteiger partial charge in [0.2, 0.25) is 6.33 Å². The lowest BCUT2D eigenvalue weighted by atomic mass is 9.73. The SMILES string of the molecule is CP1(=O)c2cccc3c2C2(NCO3)c3c1ccc1c3C3c4c-1ccc1c4C4(NCOc5cccc(c54)P1(C)=O)[n+]1ncn[n+]2c13. The first kappa shape index (κ1) is 24.1. The highest BCUT2D eigenvalue weighted by Crippen LogP contribution is 2.64. The van der Waals surface area contributed by atoms with Crippen molar-refractivity contribution in [3.8, 4) is 22.6 Å². The van der Waals surface area contributed by atoms with Gasteiger partial charge in [-0.25, -0.2) is 10.6 Å². The number of hydrogen-bond donors (Lipinski definition) is 2. The highest BCUT2D eigenvalue weighted by atomic mass is 31.2. The van der Waals surface area contributed by atoms with Gasteiger partial charge in [0.1, 0.15) is 50.4 Å². The first-order valence-corrected chi connectivity index (χ1v) is 19.4. The summed E-state index contributed by atoms with van der Waals surface area (Å²) in [5.74, 6) is 2.04. The number of ether oxygens (including phenoxy) is 2. The Morgan fingerprint density at radius 2 is 1.16 bits per heavy atom.